The molecule has 1 N–H and O–H groups in total. The molecule has 0 saturated heterocycles. The van der Waals surface area contributed by atoms with Crippen LogP contribution in [-0.2, 0) is 9.53 Å². The number of carbonyl (C=O) groups excluding carboxylic acids is 1. The van der Waals surface area contributed by atoms with Gasteiger partial charge >= 0.3 is 0 Å². The van der Waals surface area contributed by atoms with E-state index >= 15 is 0 Å². The van der Waals surface area contributed by atoms with Crippen LogP contribution < -0.4 is 10.2 Å². The molecular formula is C22H27N3O2. The molecule has 2 rings (SSSR count). The third-order valence-corrected chi connectivity index (χ3v) is 4.69. The summed E-state index contributed by atoms with van der Waals surface area (Å²) >= 11 is 0. The van der Waals surface area contributed by atoms with Crippen molar-refractivity contribution in [3.63, 3.8) is 0 Å². The molecule has 0 aliphatic rings. The summed E-state index contributed by atoms with van der Waals surface area (Å²) in [5.41, 5.74) is 2.87. The lowest BCUT2D eigenvalue weighted by Gasteiger charge is -2.21. The normalized spacial score (nSPS) is 11.7. The Labute approximate surface area is 161 Å². The number of allylic oxidation sites excluding steroid dienone is 1. The topological polar surface area (TPSA) is 65.4 Å². The predicted octanol–water partition coefficient (Wildman–Crippen LogP) is 3.75. The van der Waals surface area contributed by atoms with Gasteiger partial charge in [-0.1, -0.05) is 18.2 Å². The molecule has 0 aromatic heterocycles. The molecule has 142 valence electrons. The summed E-state index contributed by atoms with van der Waals surface area (Å²) < 4.78 is 4.92. The summed E-state index contributed by atoms with van der Waals surface area (Å²) in [6.07, 6.45) is 0. The van der Waals surface area contributed by atoms with Crippen molar-refractivity contribution in [1.29, 1.82) is 5.26 Å². The van der Waals surface area contributed by atoms with Gasteiger partial charge in [0.05, 0.1) is 6.61 Å². The Kier molecular flexibility index (Phi) is 7.39. The predicted molar refractivity (Wildman–Crippen MR) is 111 cm³/mol. The molecule has 0 atom stereocenters. The average molecular weight is 365 g/mol. The molecule has 2 aromatic carbocycles. The van der Waals surface area contributed by atoms with Crippen molar-refractivity contribution in [3.8, 4) is 6.07 Å². The zero-order valence-corrected chi connectivity index (χ0v) is 16.5. The van der Waals surface area contributed by atoms with Crippen LogP contribution in [0.4, 0.5) is 5.69 Å². The molecule has 0 saturated carbocycles. The largest absolute Gasteiger partial charge is 0.383 e. The van der Waals surface area contributed by atoms with Crippen LogP contribution in [-0.4, -0.2) is 39.3 Å². The van der Waals surface area contributed by atoms with Crippen molar-refractivity contribution >= 4 is 27.9 Å². The van der Waals surface area contributed by atoms with Gasteiger partial charge in [-0.05, 0) is 60.9 Å². The lowest BCUT2D eigenvalue weighted by Crippen LogP contribution is -2.28. The Morgan fingerprint density at radius 3 is 2.44 bits per heavy atom. The molecule has 0 bridgehead atoms. The minimum Gasteiger partial charge on any atom is -0.383 e. The molecular weight excluding hydrogens is 338 g/mol. The van der Waals surface area contributed by atoms with Crippen LogP contribution in [0.3, 0.4) is 0 Å². The lowest BCUT2D eigenvalue weighted by atomic mass is 9.98. The zero-order valence-electron chi connectivity index (χ0n) is 16.5. The van der Waals surface area contributed by atoms with Crippen molar-refractivity contribution < 1.29 is 9.53 Å². The van der Waals surface area contributed by atoms with E-state index in [-0.39, 0.29) is 11.5 Å². The number of hydrogen-bond acceptors (Lipinski definition) is 4. The summed E-state index contributed by atoms with van der Waals surface area (Å²) in [5, 5.41) is 14.4. The molecule has 2 aromatic rings. The van der Waals surface area contributed by atoms with E-state index in [9.17, 15) is 10.1 Å². The van der Waals surface area contributed by atoms with Crippen LogP contribution in [0, 0.1) is 11.3 Å². The van der Waals surface area contributed by atoms with Crippen LogP contribution in [0.2, 0.25) is 0 Å². The number of amides is 1. The summed E-state index contributed by atoms with van der Waals surface area (Å²) in [7, 11) is 1.57. The fraction of sp³-hybridized carbons (Fsp3) is 0.364. The number of ether oxygens (including phenoxy) is 1. The minimum atomic E-state index is -0.371. The number of rotatable bonds is 8. The van der Waals surface area contributed by atoms with Crippen molar-refractivity contribution in [2.75, 3.05) is 38.3 Å². The first-order valence-electron chi connectivity index (χ1n) is 9.22. The Bertz CT molecular complexity index is 877. The number of nitriles is 1. The van der Waals surface area contributed by atoms with E-state index in [1.807, 2.05) is 24.3 Å². The van der Waals surface area contributed by atoms with Gasteiger partial charge < -0.3 is 15.0 Å². The highest BCUT2D eigenvalue weighted by Gasteiger charge is 2.14. The molecule has 0 aliphatic heterocycles. The first-order valence-corrected chi connectivity index (χ1v) is 9.22. The smallest absolute Gasteiger partial charge is 0.262 e. The minimum absolute atomic E-state index is 0.130. The molecule has 0 heterocycles. The SMILES string of the molecule is CCN(CC)c1ccc2cc(/C(C)=C(\C#N)C(=O)NCCOC)ccc2c1. The van der Waals surface area contributed by atoms with Gasteiger partial charge in [0.25, 0.3) is 5.91 Å². The highest BCUT2D eigenvalue weighted by Crippen LogP contribution is 2.26. The van der Waals surface area contributed by atoms with Gasteiger partial charge in [0.2, 0.25) is 0 Å². The number of methoxy groups -OCH3 is 1. The molecule has 1 amide bonds. The Morgan fingerprint density at radius 1 is 1.15 bits per heavy atom. The maximum absolute atomic E-state index is 12.3. The first kappa shape index (κ1) is 20.5. The van der Waals surface area contributed by atoms with Gasteiger partial charge in [-0.25, -0.2) is 0 Å². The van der Waals surface area contributed by atoms with Crippen LogP contribution in [0.5, 0.6) is 0 Å². The van der Waals surface area contributed by atoms with Gasteiger partial charge in [0, 0.05) is 32.4 Å². The highest BCUT2D eigenvalue weighted by molar-refractivity contribution is 6.05. The second kappa shape index (κ2) is 9.75. The molecule has 5 heteroatoms. The van der Waals surface area contributed by atoms with Gasteiger partial charge in [-0.2, -0.15) is 5.26 Å². The first-order chi connectivity index (χ1) is 13.0. The summed E-state index contributed by atoms with van der Waals surface area (Å²) in [5.74, 6) is -0.371. The van der Waals surface area contributed by atoms with Gasteiger partial charge in [0.1, 0.15) is 11.6 Å². The molecule has 0 fully saturated rings. The molecule has 5 nitrogen and oxygen atoms in total. The number of carbonyl (C=O) groups is 1. The fourth-order valence-electron chi connectivity index (χ4n) is 3.06. The quantitative estimate of drug-likeness (QED) is 0.440. The number of hydrogen-bond donors (Lipinski definition) is 1. The average Bonchev–Trinajstić information content (AvgIpc) is 2.69. The Hall–Kier alpha value is -2.84. The second-order valence-corrected chi connectivity index (χ2v) is 6.28. The summed E-state index contributed by atoms with van der Waals surface area (Å²) in [6, 6.07) is 14.4. The van der Waals surface area contributed by atoms with Crippen molar-refractivity contribution in [1.82, 2.24) is 5.32 Å². The molecule has 0 spiro atoms. The highest BCUT2D eigenvalue weighted by atomic mass is 16.5. The summed E-state index contributed by atoms with van der Waals surface area (Å²) in [4.78, 5) is 14.6. The van der Waals surface area contributed by atoms with Crippen LogP contribution in [0.25, 0.3) is 16.3 Å². The molecule has 0 aliphatic carbocycles. The van der Waals surface area contributed by atoms with Crippen molar-refractivity contribution in [2.24, 2.45) is 0 Å². The number of nitrogens with one attached hydrogen (secondary N) is 1. The molecule has 27 heavy (non-hydrogen) atoms. The van der Waals surface area contributed by atoms with E-state index in [2.05, 4.69) is 42.3 Å². The van der Waals surface area contributed by atoms with Crippen molar-refractivity contribution in [2.45, 2.75) is 20.8 Å². The molecule has 0 radical (unpaired) electrons. The van der Waals surface area contributed by atoms with E-state index in [1.165, 1.54) is 5.69 Å². The van der Waals surface area contributed by atoms with E-state index in [0.717, 1.165) is 29.4 Å². The van der Waals surface area contributed by atoms with Gasteiger partial charge in [-0.15, -0.1) is 0 Å². The summed E-state index contributed by atoms with van der Waals surface area (Å²) in [6.45, 7) is 8.81. The zero-order chi connectivity index (χ0) is 19.8. The van der Waals surface area contributed by atoms with Crippen molar-refractivity contribution in [3.05, 3.63) is 47.5 Å². The number of fused-ring (bicyclic) bond motifs is 1. The van der Waals surface area contributed by atoms with E-state index < -0.39 is 0 Å². The van der Waals surface area contributed by atoms with Crippen LogP contribution in [0.15, 0.2) is 42.0 Å². The van der Waals surface area contributed by atoms with E-state index in [4.69, 9.17) is 4.74 Å². The number of nitrogens with zero attached hydrogens (tertiary/aromatic N) is 2. The van der Waals surface area contributed by atoms with E-state index in [1.54, 1.807) is 14.0 Å². The number of anilines is 1. The fourth-order valence-corrected chi connectivity index (χ4v) is 3.06. The third-order valence-electron chi connectivity index (χ3n) is 4.69. The van der Waals surface area contributed by atoms with E-state index in [0.29, 0.717) is 18.7 Å². The maximum atomic E-state index is 12.3. The Balaban J connectivity index is 2.35. The molecule has 0 unspecified atom stereocenters. The third kappa shape index (κ3) is 4.87. The van der Waals surface area contributed by atoms with Gasteiger partial charge in [0.15, 0.2) is 0 Å². The maximum Gasteiger partial charge on any atom is 0.262 e. The standard InChI is InChI=1S/C22H27N3O2/c1-5-25(6-2)20-10-9-18-13-17(7-8-19(18)14-20)16(3)21(15-23)22(26)24-11-12-27-4/h7-10,13-14H,5-6,11-12H2,1-4H3,(H,24,26)/b21-16+. The lowest BCUT2D eigenvalue weighted by molar-refractivity contribution is -0.117. The monoisotopic (exact) mass is 365 g/mol. The van der Waals surface area contributed by atoms with Gasteiger partial charge in [-0.3, -0.25) is 4.79 Å². The Morgan fingerprint density at radius 2 is 1.81 bits per heavy atom. The van der Waals surface area contributed by atoms with Crippen LogP contribution >= 0.6 is 0 Å². The number of benzene rings is 2. The van der Waals surface area contributed by atoms with Crippen LogP contribution in [0.1, 0.15) is 26.3 Å². The second-order valence-electron chi connectivity index (χ2n) is 6.28.